The maximum Gasteiger partial charge on any atom is 0.457 e. The first-order valence-corrected chi connectivity index (χ1v) is 13.9. The number of nitro benzene ring substituents is 1. The molecule has 2 amide bonds. The predicted molar refractivity (Wildman–Crippen MR) is 155 cm³/mol. The second-order valence-electron chi connectivity index (χ2n) is 10.6. The Morgan fingerprint density at radius 1 is 0.898 bits per heavy atom. The molecule has 260 valence electrons. The summed E-state index contributed by atoms with van der Waals surface area (Å²) in [4.78, 5) is 41.1. The van der Waals surface area contributed by atoms with Crippen molar-refractivity contribution >= 4 is 28.9 Å². The molecule has 0 aliphatic carbocycles. The Hall–Kier alpha value is -5.49. The number of carbonyl (C=O) groups is 2. The lowest BCUT2D eigenvalue weighted by atomic mass is 9.85. The lowest BCUT2D eigenvalue weighted by Gasteiger charge is -2.36. The van der Waals surface area contributed by atoms with Crippen molar-refractivity contribution in [2.24, 2.45) is 0 Å². The minimum Gasteiger partial charge on any atom is -0.321 e. The summed E-state index contributed by atoms with van der Waals surface area (Å²) in [5.41, 5.74) is -9.87. The molecule has 1 aromatic heterocycles. The molecule has 0 radical (unpaired) electrons. The normalized spacial score (nSPS) is 13.5. The maximum atomic E-state index is 15.2. The molecular weight excluding hydrogens is 679 g/mol. The fourth-order valence-electron chi connectivity index (χ4n) is 4.99. The molecule has 1 heterocycles. The van der Waals surface area contributed by atoms with Crippen molar-refractivity contribution in [1.29, 1.82) is 0 Å². The molecular formula is C30H23F9N6O4. The molecule has 4 rings (SSSR count). The highest BCUT2D eigenvalue weighted by Gasteiger charge is 2.81. The van der Waals surface area contributed by atoms with Gasteiger partial charge in [-0.25, -0.2) is 14.1 Å². The maximum absolute atomic E-state index is 15.2. The molecule has 1 atom stereocenters. The van der Waals surface area contributed by atoms with E-state index in [1.54, 1.807) is 0 Å². The number of carbonyl (C=O) groups excluding carboxylic acids is 2. The zero-order chi connectivity index (χ0) is 36.7. The Balaban J connectivity index is 1.75. The molecule has 4 aromatic rings. The van der Waals surface area contributed by atoms with Crippen LogP contribution in [0.3, 0.4) is 0 Å². The minimum absolute atomic E-state index is 0.0306. The van der Waals surface area contributed by atoms with Gasteiger partial charge in [0, 0.05) is 34.0 Å². The van der Waals surface area contributed by atoms with Crippen LogP contribution in [0.25, 0.3) is 5.69 Å². The highest BCUT2D eigenvalue weighted by atomic mass is 19.4. The van der Waals surface area contributed by atoms with Crippen molar-refractivity contribution in [1.82, 2.24) is 14.8 Å². The summed E-state index contributed by atoms with van der Waals surface area (Å²) in [5.74, 6) is -8.69. The van der Waals surface area contributed by atoms with E-state index in [0.717, 1.165) is 19.3 Å². The van der Waals surface area contributed by atoms with Gasteiger partial charge in [-0.2, -0.15) is 40.2 Å². The van der Waals surface area contributed by atoms with Crippen LogP contribution in [-0.4, -0.2) is 49.8 Å². The van der Waals surface area contributed by atoms with Crippen molar-refractivity contribution in [2.75, 3.05) is 10.6 Å². The topological polar surface area (TPSA) is 132 Å². The van der Waals surface area contributed by atoms with E-state index in [1.165, 1.54) is 55.2 Å². The van der Waals surface area contributed by atoms with Gasteiger partial charge in [-0.15, -0.1) is 0 Å². The summed E-state index contributed by atoms with van der Waals surface area (Å²) in [6.07, 6.45) is -11.6. The standard InChI is InChI=1S/C30H23F9N6O4/c1-4-17-11-19(27(31,29(34,35)36)28(32,33)30(37,38)39)10-15(2)24(17)43-25(46)18-8-9-23(44-14-40-13-41-44)21(12-18)42-26(47)20-6-5-7-22(16(20)3)45(48)49/h5-14H,4H2,1-3H3,(H,42,47)(H,43,46). The van der Waals surface area contributed by atoms with E-state index in [2.05, 4.69) is 20.7 Å². The average molecular weight is 703 g/mol. The van der Waals surface area contributed by atoms with E-state index in [1.807, 2.05) is 0 Å². The van der Waals surface area contributed by atoms with Crippen molar-refractivity contribution in [3.63, 3.8) is 0 Å². The van der Waals surface area contributed by atoms with E-state index in [4.69, 9.17) is 0 Å². The summed E-state index contributed by atoms with van der Waals surface area (Å²) < 4.78 is 125. The van der Waals surface area contributed by atoms with Gasteiger partial charge in [-0.1, -0.05) is 19.1 Å². The number of nitrogens with one attached hydrogen (secondary N) is 2. The van der Waals surface area contributed by atoms with Crippen LogP contribution in [0.4, 0.5) is 56.6 Å². The van der Waals surface area contributed by atoms with Crippen molar-refractivity contribution in [3.8, 4) is 5.69 Å². The smallest absolute Gasteiger partial charge is 0.321 e. The average Bonchev–Trinajstić information content (AvgIpc) is 3.55. The molecule has 0 aliphatic heterocycles. The van der Waals surface area contributed by atoms with E-state index >= 15 is 4.39 Å². The third-order valence-corrected chi connectivity index (χ3v) is 7.53. The summed E-state index contributed by atoms with van der Waals surface area (Å²) in [5, 5.41) is 20.2. The molecule has 0 spiro atoms. The molecule has 3 aromatic carbocycles. The second kappa shape index (κ2) is 12.8. The van der Waals surface area contributed by atoms with Crippen molar-refractivity contribution in [2.45, 2.75) is 51.1 Å². The van der Waals surface area contributed by atoms with Gasteiger partial charge in [0.25, 0.3) is 17.5 Å². The summed E-state index contributed by atoms with van der Waals surface area (Å²) in [6, 6.07) is 7.80. The third-order valence-electron chi connectivity index (χ3n) is 7.53. The van der Waals surface area contributed by atoms with Crippen LogP contribution in [0.15, 0.2) is 61.2 Å². The van der Waals surface area contributed by atoms with Crippen LogP contribution < -0.4 is 10.6 Å². The number of nitro groups is 1. The first-order chi connectivity index (χ1) is 22.7. The summed E-state index contributed by atoms with van der Waals surface area (Å²) >= 11 is 0. The van der Waals surface area contributed by atoms with Crippen molar-refractivity contribution < 1.29 is 54.0 Å². The largest absolute Gasteiger partial charge is 0.457 e. The number of nitrogens with zero attached hydrogens (tertiary/aromatic N) is 4. The fraction of sp³-hybridized carbons (Fsp3) is 0.267. The number of hydrogen-bond acceptors (Lipinski definition) is 6. The van der Waals surface area contributed by atoms with Crippen LogP contribution in [0.1, 0.15) is 49.9 Å². The summed E-state index contributed by atoms with van der Waals surface area (Å²) in [7, 11) is 0. The Morgan fingerprint density at radius 3 is 2.12 bits per heavy atom. The zero-order valence-corrected chi connectivity index (χ0v) is 25.3. The van der Waals surface area contributed by atoms with Gasteiger partial charge in [-0.05, 0) is 61.7 Å². The number of halogens is 9. The second-order valence-corrected chi connectivity index (χ2v) is 10.6. The minimum atomic E-state index is -6.91. The number of hydrogen-bond donors (Lipinski definition) is 2. The zero-order valence-electron chi connectivity index (χ0n) is 25.3. The molecule has 2 N–H and O–H groups in total. The monoisotopic (exact) mass is 702 g/mol. The Kier molecular flexibility index (Phi) is 9.53. The van der Waals surface area contributed by atoms with E-state index in [-0.39, 0.29) is 58.0 Å². The first-order valence-electron chi connectivity index (χ1n) is 13.9. The quantitative estimate of drug-likeness (QED) is 0.104. The van der Waals surface area contributed by atoms with Gasteiger partial charge in [0.05, 0.1) is 16.3 Å². The Bertz CT molecular complexity index is 1930. The first kappa shape index (κ1) is 36.3. The molecule has 1 unspecified atom stereocenters. The lowest BCUT2D eigenvalue weighted by molar-refractivity contribution is -0.389. The van der Waals surface area contributed by atoms with Gasteiger partial charge < -0.3 is 10.6 Å². The van der Waals surface area contributed by atoms with E-state index in [0.29, 0.717) is 0 Å². The molecule has 10 nitrogen and oxygen atoms in total. The molecule has 0 aliphatic rings. The molecule has 0 bridgehead atoms. The van der Waals surface area contributed by atoms with Gasteiger partial charge in [0.15, 0.2) is 0 Å². The van der Waals surface area contributed by atoms with Gasteiger partial charge >= 0.3 is 23.9 Å². The molecule has 19 heteroatoms. The number of alkyl halides is 9. The molecule has 49 heavy (non-hydrogen) atoms. The lowest BCUT2D eigenvalue weighted by Crippen LogP contribution is -2.59. The van der Waals surface area contributed by atoms with E-state index < -0.39 is 57.4 Å². The molecule has 0 fully saturated rings. The number of rotatable bonds is 9. The Morgan fingerprint density at radius 2 is 1.57 bits per heavy atom. The number of benzene rings is 3. The number of aryl methyl sites for hydroxylation is 2. The predicted octanol–water partition coefficient (Wildman–Crippen LogP) is 7.78. The van der Waals surface area contributed by atoms with Crippen LogP contribution in [0.5, 0.6) is 0 Å². The van der Waals surface area contributed by atoms with Crippen LogP contribution >= 0.6 is 0 Å². The molecule has 0 saturated heterocycles. The van der Waals surface area contributed by atoms with Crippen LogP contribution in [0, 0.1) is 24.0 Å². The van der Waals surface area contributed by atoms with Crippen LogP contribution in [0.2, 0.25) is 0 Å². The van der Waals surface area contributed by atoms with Gasteiger partial charge in [-0.3, -0.25) is 19.7 Å². The third kappa shape index (κ3) is 6.51. The van der Waals surface area contributed by atoms with Crippen molar-refractivity contribution in [3.05, 3.63) is 105 Å². The highest BCUT2D eigenvalue weighted by molar-refractivity contribution is 6.09. The van der Waals surface area contributed by atoms with Gasteiger partial charge in [0.2, 0.25) is 0 Å². The number of aromatic nitrogens is 3. The highest BCUT2D eigenvalue weighted by Crippen LogP contribution is 2.58. The summed E-state index contributed by atoms with van der Waals surface area (Å²) in [6.45, 7) is 3.60. The Labute approximate surface area is 270 Å². The van der Waals surface area contributed by atoms with Crippen LogP contribution in [-0.2, 0) is 12.1 Å². The van der Waals surface area contributed by atoms with Gasteiger partial charge in [0.1, 0.15) is 12.7 Å². The van der Waals surface area contributed by atoms with E-state index in [9.17, 15) is 54.8 Å². The fourth-order valence-corrected chi connectivity index (χ4v) is 4.99. The molecule has 0 saturated carbocycles. The number of anilines is 2. The SMILES string of the molecule is CCc1cc(C(F)(C(F)(F)F)C(F)(F)C(F)(F)F)cc(C)c1NC(=O)c1ccc(-n2cncn2)c(NC(=O)c2cccc([N+](=O)[O-])c2C)c1. The number of amides is 2.